The molecule has 0 amide bonds. The number of benzene rings is 9. The van der Waals surface area contributed by atoms with Gasteiger partial charge in [0.15, 0.2) is 5.82 Å². The third-order valence-electron chi connectivity index (χ3n) is 12.2. The maximum atomic E-state index is 5.27. The van der Waals surface area contributed by atoms with Crippen LogP contribution in [0.2, 0.25) is 0 Å². The Morgan fingerprint density at radius 1 is 0.246 bits per heavy atom. The Bertz CT molecular complexity index is 3010. The van der Waals surface area contributed by atoms with Crippen LogP contribution in [0.25, 0.3) is 78.4 Å². The van der Waals surface area contributed by atoms with E-state index in [1.807, 2.05) is 0 Å². The summed E-state index contributed by atoms with van der Waals surface area (Å²) in [5, 5.41) is 0. The van der Waals surface area contributed by atoms with E-state index in [9.17, 15) is 0 Å². The van der Waals surface area contributed by atoms with Crippen molar-refractivity contribution < 1.29 is 0 Å². The van der Waals surface area contributed by atoms with Gasteiger partial charge >= 0.3 is 0 Å². The summed E-state index contributed by atoms with van der Waals surface area (Å²) in [6.45, 7) is 0. The molecule has 10 aromatic rings. The highest BCUT2D eigenvalue weighted by molar-refractivity contribution is 5.87. The van der Waals surface area contributed by atoms with Crippen molar-refractivity contribution in [2.75, 3.05) is 0 Å². The van der Waals surface area contributed by atoms with Crippen LogP contribution in [0.5, 0.6) is 0 Å². The van der Waals surface area contributed by atoms with Crippen molar-refractivity contribution in [1.29, 1.82) is 0 Å². The number of fused-ring (bicyclic) bond motifs is 3. The van der Waals surface area contributed by atoms with Crippen LogP contribution in [0.3, 0.4) is 0 Å². The molecular formula is C59H40N2. The average molecular weight is 777 g/mol. The Morgan fingerprint density at radius 2 is 0.623 bits per heavy atom. The summed E-state index contributed by atoms with van der Waals surface area (Å²) in [6, 6.07) is 87.1. The number of aromatic nitrogens is 2. The van der Waals surface area contributed by atoms with Crippen LogP contribution in [0.1, 0.15) is 22.3 Å². The topological polar surface area (TPSA) is 25.8 Å². The fourth-order valence-electron chi connectivity index (χ4n) is 9.28. The molecule has 11 rings (SSSR count). The van der Waals surface area contributed by atoms with E-state index in [0.717, 1.165) is 39.2 Å². The minimum atomic E-state index is -0.472. The largest absolute Gasteiger partial charge is 0.228 e. The van der Waals surface area contributed by atoms with Crippen molar-refractivity contribution >= 4 is 0 Å². The lowest BCUT2D eigenvalue weighted by molar-refractivity contribution is 0.769. The van der Waals surface area contributed by atoms with Crippen molar-refractivity contribution in [3.8, 4) is 78.4 Å². The molecule has 2 heteroatoms. The van der Waals surface area contributed by atoms with Crippen molar-refractivity contribution in [3.63, 3.8) is 0 Å². The predicted molar refractivity (Wildman–Crippen MR) is 252 cm³/mol. The summed E-state index contributed by atoms with van der Waals surface area (Å²) in [4.78, 5) is 10.5. The lowest BCUT2D eigenvalue weighted by atomic mass is 9.67. The molecule has 0 aliphatic heterocycles. The first-order chi connectivity index (χ1) is 30.2. The van der Waals surface area contributed by atoms with Crippen LogP contribution in [0.15, 0.2) is 243 Å². The molecular weight excluding hydrogens is 737 g/mol. The minimum absolute atomic E-state index is 0.472. The first kappa shape index (κ1) is 36.2. The predicted octanol–water partition coefficient (Wildman–Crippen LogP) is 14.8. The normalized spacial score (nSPS) is 12.4. The average Bonchev–Trinajstić information content (AvgIpc) is 3.66. The van der Waals surface area contributed by atoms with E-state index in [-0.39, 0.29) is 0 Å². The van der Waals surface area contributed by atoms with Crippen LogP contribution in [0.4, 0.5) is 0 Å². The Labute approximate surface area is 357 Å². The second kappa shape index (κ2) is 15.3. The molecule has 0 saturated carbocycles. The number of rotatable bonds is 8. The van der Waals surface area contributed by atoms with Gasteiger partial charge in [0.1, 0.15) is 0 Å². The fourth-order valence-corrected chi connectivity index (χ4v) is 9.28. The van der Waals surface area contributed by atoms with Gasteiger partial charge in [-0.05, 0) is 85.0 Å². The highest BCUT2D eigenvalue weighted by Crippen LogP contribution is 2.56. The highest BCUT2D eigenvalue weighted by Gasteiger charge is 2.45. The number of nitrogens with zero attached hydrogens (tertiary/aromatic N) is 2. The zero-order chi connectivity index (χ0) is 40.6. The quantitative estimate of drug-likeness (QED) is 0.154. The third-order valence-corrected chi connectivity index (χ3v) is 12.2. The molecule has 9 aromatic carbocycles. The fraction of sp³-hybridized carbons (Fsp3) is 0.0169. The molecule has 286 valence electrons. The molecule has 0 radical (unpaired) electrons. The van der Waals surface area contributed by atoms with Gasteiger partial charge in [-0.25, -0.2) is 9.97 Å². The smallest absolute Gasteiger partial charge is 0.160 e. The maximum absolute atomic E-state index is 5.27. The first-order valence-corrected chi connectivity index (χ1v) is 20.9. The molecule has 1 aliphatic rings. The second-order valence-electron chi connectivity index (χ2n) is 15.7. The zero-order valence-electron chi connectivity index (χ0n) is 33.5. The summed E-state index contributed by atoms with van der Waals surface area (Å²) in [6.07, 6.45) is 0. The van der Waals surface area contributed by atoms with Crippen LogP contribution >= 0.6 is 0 Å². The van der Waals surface area contributed by atoms with Crippen LogP contribution in [0, 0.1) is 0 Å². The van der Waals surface area contributed by atoms with Gasteiger partial charge in [0.25, 0.3) is 0 Å². The second-order valence-corrected chi connectivity index (χ2v) is 15.7. The van der Waals surface area contributed by atoms with E-state index in [1.54, 1.807) is 0 Å². The zero-order valence-corrected chi connectivity index (χ0v) is 33.5. The molecule has 0 bridgehead atoms. The molecule has 0 atom stereocenters. The van der Waals surface area contributed by atoms with E-state index >= 15 is 0 Å². The van der Waals surface area contributed by atoms with Gasteiger partial charge in [0, 0.05) is 16.7 Å². The first-order valence-electron chi connectivity index (χ1n) is 20.9. The van der Waals surface area contributed by atoms with E-state index in [1.165, 1.54) is 55.6 Å². The summed E-state index contributed by atoms with van der Waals surface area (Å²) >= 11 is 0. The maximum Gasteiger partial charge on any atom is 0.160 e. The summed E-state index contributed by atoms with van der Waals surface area (Å²) < 4.78 is 0. The van der Waals surface area contributed by atoms with E-state index < -0.39 is 5.41 Å². The van der Waals surface area contributed by atoms with Gasteiger partial charge in [-0.2, -0.15) is 0 Å². The molecule has 0 saturated heterocycles. The molecule has 1 aromatic heterocycles. The van der Waals surface area contributed by atoms with E-state index in [4.69, 9.17) is 9.97 Å². The van der Waals surface area contributed by atoms with Gasteiger partial charge in [-0.1, -0.05) is 224 Å². The standard InChI is InChI=1S/C59H40N2/c1-4-16-41(17-5-1)43-30-34-45(35-31-43)56-40-57(46-36-32-44(33-37-46)42-18-6-2-7-19-42)61-58(60-56)49-22-14-20-47(38-49)48-21-15-25-51(39-48)59(50-23-8-3-9-24-50)54-28-12-10-26-52(54)53-27-11-13-29-55(53)59/h1-40H. The van der Waals surface area contributed by atoms with Crippen molar-refractivity contribution in [2.45, 2.75) is 5.41 Å². The molecule has 2 nitrogen and oxygen atoms in total. The summed E-state index contributed by atoms with van der Waals surface area (Å²) in [5.74, 6) is 0.684. The van der Waals surface area contributed by atoms with Gasteiger partial charge in [-0.15, -0.1) is 0 Å². The van der Waals surface area contributed by atoms with E-state index in [2.05, 4.69) is 243 Å². The Hall–Kier alpha value is -7.94. The molecule has 0 spiro atoms. The van der Waals surface area contributed by atoms with Crippen LogP contribution in [-0.2, 0) is 5.41 Å². The molecule has 0 N–H and O–H groups in total. The Morgan fingerprint density at radius 3 is 1.16 bits per heavy atom. The SMILES string of the molecule is c1ccc(-c2ccc(-c3cc(-c4ccc(-c5ccccc5)cc4)nc(-c4cccc(-c5cccc(C6(c7ccccc7)c7ccccc7-c7ccccc76)c5)c4)n3)cc2)cc1. The molecule has 61 heavy (non-hydrogen) atoms. The minimum Gasteiger partial charge on any atom is -0.228 e. The van der Waals surface area contributed by atoms with Crippen LogP contribution in [-0.4, -0.2) is 9.97 Å². The molecule has 1 heterocycles. The lowest BCUT2D eigenvalue weighted by Crippen LogP contribution is -2.28. The third kappa shape index (κ3) is 6.46. The highest BCUT2D eigenvalue weighted by atomic mass is 14.9. The van der Waals surface area contributed by atoms with Gasteiger partial charge in [-0.3, -0.25) is 0 Å². The van der Waals surface area contributed by atoms with Gasteiger partial charge in [0.2, 0.25) is 0 Å². The number of hydrogen-bond donors (Lipinski definition) is 0. The van der Waals surface area contributed by atoms with Gasteiger partial charge < -0.3 is 0 Å². The Balaban J connectivity index is 1.03. The monoisotopic (exact) mass is 776 g/mol. The molecule has 0 unspecified atom stereocenters. The van der Waals surface area contributed by atoms with Crippen molar-refractivity contribution in [3.05, 3.63) is 265 Å². The lowest BCUT2D eigenvalue weighted by Gasteiger charge is -2.34. The number of hydrogen-bond acceptors (Lipinski definition) is 2. The van der Waals surface area contributed by atoms with E-state index in [0.29, 0.717) is 5.82 Å². The van der Waals surface area contributed by atoms with Crippen LogP contribution < -0.4 is 0 Å². The van der Waals surface area contributed by atoms with Crippen molar-refractivity contribution in [2.24, 2.45) is 0 Å². The van der Waals surface area contributed by atoms with Crippen molar-refractivity contribution in [1.82, 2.24) is 9.97 Å². The summed E-state index contributed by atoms with van der Waals surface area (Å²) in [5.41, 5.74) is 19.0. The Kier molecular flexibility index (Phi) is 9.09. The van der Waals surface area contributed by atoms with Gasteiger partial charge in [0.05, 0.1) is 16.8 Å². The summed E-state index contributed by atoms with van der Waals surface area (Å²) in [7, 11) is 0. The molecule has 0 fully saturated rings. The molecule has 1 aliphatic carbocycles.